The molecule has 3 aliphatic rings. The zero-order valence-electron chi connectivity index (χ0n) is 12.7. The summed E-state index contributed by atoms with van der Waals surface area (Å²) in [5, 5.41) is 3.85. The molecule has 1 aromatic rings. The maximum Gasteiger partial charge on any atom is 0.125 e. The van der Waals surface area contributed by atoms with Crippen molar-refractivity contribution >= 4 is 0 Å². The van der Waals surface area contributed by atoms with E-state index in [9.17, 15) is 0 Å². The van der Waals surface area contributed by atoms with Gasteiger partial charge in [0, 0.05) is 17.7 Å². The standard InChI is InChI=1S/C19H25NO/c1-2-8-15(9-3-1)20-17-14-19(12-6-7-13-19)21-18-11-5-4-10-16(17)18/h4-5,8,10-11,17,20H,1-3,6-7,9,12-14H2. The Bertz CT molecular complexity index is 542. The van der Waals surface area contributed by atoms with Gasteiger partial charge in [0.2, 0.25) is 0 Å². The molecule has 0 bridgehead atoms. The van der Waals surface area contributed by atoms with E-state index >= 15 is 0 Å². The molecule has 1 atom stereocenters. The summed E-state index contributed by atoms with van der Waals surface area (Å²) >= 11 is 0. The highest BCUT2D eigenvalue weighted by Crippen LogP contribution is 2.47. The van der Waals surface area contributed by atoms with Crippen LogP contribution >= 0.6 is 0 Å². The summed E-state index contributed by atoms with van der Waals surface area (Å²) in [6, 6.07) is 9.05. The summed E-state index contributed by atoms with van der Waals surface area (Å²) in [6.07, 6.45) is 13.7. The second-order valence-corrected chi connectivity index (χ2v) is 6.91. The average molecular weight is 283 g/mol. The number of hydrogen-bond acceptors (Lipinski definition) is 2. The van der Waals surface area contributed by atoms with Crippen LogP contribution in [0.15, 0.2) is 36.0 Å². The zero-order chi connectivity index (χ0) is 14.1. The van der Waals surface area contributed by atoms with Gasteiger partial charge in [-0.25, -0.2) is 0 Å². The lowest BCUT2D eigenvalue weighted by Gasteiger charge is -2.41. The quantitative estimate of drug-likeness (QED) is 0.836. The molecule has 112 valence electrons. The predicted molar refractivity (Wildman–Crippen MR) is 85.3 cm³/mol. The molecule has 1 N–H and O–H groups in total. The van der Waals surface area contributed by atoms with E-state index in [0.717, 1.165) is 12.2 Å². The Morgan fingerprint density at radius 3 is 2.71 bits per heavy atom. The van der Waals surface area contributed by atoms with Gasteiger partial charge < -0.3 is 10.1 Å². The average Bonchev–Trinajstić information content (AvgIpc) is 2.96. The van der Waals surface area contributed by atoms with Gasteiger partial charge in [-0.2, -0.15) is 0 Å². The summed E-state index contributed by atoms with van der Waals surface area (Å²) in [7, 11) is 0. The molecule has 1 aliphatic heterocycles. The Hall–Kier alpha value is -1.44. The van der Waals surface area contributed by atoms with E-state index in [2.05, 4.69) is 35.7 Å². The molecule has 21 heavy (non-hydrogen) atoms. The molecule has 0 aromatic heterocycles. The van der Waals surface area contributed by atoms with Gasteiger partial charge in [-0.1, -0.05) is 24.3 Å². The van der Waals surface area contributed by atoms with Gasteiger partial charge in [-0.3, -0.25) is 0 Å². The number of rotatable bonds is 2. The minimum Gasteiger partial charge on any atom is -0.487 e. The maximum atomic E-state index is 6.44. The topological polar surface area (TPSA) is 21.3 Å². The normalized spacial score (nSPS) is 26.9. The number of allylic oxidation sites excluding steroid dienone is 2. The molecule has 2 nitrogen and oxygen atoms in total. The number of benzene rings is 1. The predicted octanol–water partition coefficient (Wildman–Crippen LogP) is 4.87. The fourth-order valence-corrected chi connectivity index (χ4v) is 4.27. The number of fused-ring (bicyclic) bond motifs is 1. The fourth-order valence-electron chi connectivity index (χ4n) is 4.27. The smallest absolute Gasteiger partial charge is 0.125 e. The van der Waals surface area contributed by atoms with Crippen LogP contribution in [0.3, 0.4) is 0 Å². The van der Waals surface area contributed by atoms with Crippen LogP contribution in [0.25, 0.3) is 0 Å². The van der Waals surface area contributed by atoms with Crippen molar-refractivity contribution in [3.05, 3.63) is 41.6 Å². The summed E-state index contributed by atoms with van der Waals surface area (Å²) in [6.45, 7) is 0. The Kier molecular flexibility index (Phi) is 3.40. The van der Waals surface area contributed by atoms with Crippen LogP contribution < -0.4 is 10.1 Å². The van der Waals surface area contributed by atoms with Crippen LogP contribution in [0.5, 0.6) is 5.75 Å². The minimum atomic E-state index is 0.0985. The molecule has 1 aromatic carbocycles. The summed E-state index contributed by atoms with van der Waals surface area (Å²) in [5.74, 6) is 1.11. The van der Waals surface area contributed by atoms with Crippen molar-refractivity contribution < 1.29 is 4.74 Å². The van der Waals surface area contributed by atoms with E-state index in [1.807, 2.05) is 0 Å². The SMILES string of the molecule is C1=C(NC2CC3(CCCC3)Oc3ccccc32)CCCC1. The lowest BCUT2D eigenvalue weighted by molar-refractivity contribution is 0.0381. The highest BCUT2D eigenvalue weighted by atomic mass is 16.5. The lowest BCUT2D eigenvalue weighted by atomic mass is 9.85. The molecular formula is C19H25NO. The van der Waals surface area contributed by atoms with Gasteiger partial charge in [0.25, 0.3) is 0 Å². The fraction of sp³-hybridized carbons (Fsp3) is 0.579. The largest absolute Gasteiger partial charge is 0.487 e. The molecular weight excluding hydrogens is 258 g/mol. The second kappa shape index (κ2) is 5.40. The van der Waals surface area contributed by atoms with Gasteiger partial charge in [0.05, 0.1) is 6.04 Å². The molecule has 1 saturated carbocycles. The summed E-state index contributed by atoms with van der Waals surface area (Å²) in [4.78, 5) is 0. The second-order valence-electron chi connectivity index (χ2n) is 6.91. The first-order valence-corrected chi connectivity index (χ1v) is 8.58. The molecule has 0 amide bonds. The van der Waals surface area contributed by atoms with Crippen LogP contribution in [-0.4, -0.2) is 5.60 Å². The highest BCUT2D eigenvalue weighted by Gasteiger charge is 2.43. The Balaban J connectivity index is 1.63. The van der Waals surface area contributed by atoms with Gasteiger partial charge in [-0.05, 0) is 57.4 Å². The molecule has 4 rings (SSSR count). The molecule has 1 spiro atoms. The Morgan fingerprint density at radius 1 is 1.05 bits per heavy atom. The van der Waals surface area contributed by atoms with Crippen molar-refractivity contribution in [3.8, 4) is 5.75 Å². The van der Waals surface area contributed by atoms with Gasteiger partial charge in [0.15, 0.2) is 0 Å². The van der Waals surface area contributed by atoms with E-state index in [-0.39, 0.29) is 5.60 Å². The van der Waals surface area contributed by atoms with Crippen LogP contribution in [0, 0.1) is 0 Å². The molecule has 2 aliphatic carbocycles. The highest BCUT2D eigenvalue weighted by molar-refractivity contribution is 5.39. The minimum absolute atomic E-state index is 0.0985. The van der Waals surface area contributed by atoms with Crippen molar-refractivity contribution in [2.24, 2.45) is 0 Å². The van der Waals surface area contributed by atoms with E-state index < -0.39 is 0 Å². The zero-order valence-corrected chi connectivity index (χ0v) is 12.7. The number of para-hydroxylation sites is 1. The Labute approximate surface area is 127 Å². The third kappa shape index (κ3) is 2.56. The number of ether oxygens (including phenoxy) is 1. The molecule has 2 heteroatoms. The van der Waals surface area contributed by atoms with E-state index in [4.69, 9.17) is 4.74 Å². The Morgan fingerprint density at radius 2 is 1.90 bits per heavy atom. The van der Waals surface area contributed by atoms with Gasteiger partial charge >= 0.3 is 0 Å². The third-order valence-corrected chi connectivity index (χ3v) is 5.36. The van der Waals surface area contributed by atoms with E-state index in [1.165, 1.54) is 62.6 Å². The van der Waals surface area contributed by atoms with Gasteiger partial charge in [-0.15, -0.1) is 0 Å². The molecule has 1 fully saturated rings. The van der Waals surface area contributed by atoms with Crippen LogP contribution in [0.4, 0.5) is 0 Å². The first-order chi connectivity index (χ1) is 10.3. The molecule has 1 heterocycles. The van der Waals surface area contributed by atoms with Gasteiger partial charge in [0.1, 0.15) is 11.4 Å². The molecule has 1 unspecified atom stereocenters. The monoisotopic (exact) mass is 283 g/mol. The number of hydrogen-bond donors (Lipinski definition) is 1. The van der Waals surface area contributed by atoms with Crippen molar-refractivity contribution in [2.75, 3.05) is 0 Å². The van der Waals surface area contributed by atoms with Crippen molar-refractivity contribution in [3.63, 3.8) is 0 Å². The van der Waals surface area contributed by atoms with Crippen molar-refractivity contribution in [1.29, 1.82) is 0 Å². The maximum absolute atomic E-state index is 6.44. The van der Waals surface area contributed by atoms with Crippen molar-refractivity contribution in [1.82, 2.24) is 5.32 Å². The van der Waals surface area contributed by atoms with Crippen LogP contribution in [0.1, 0.15) is 69.4 Å². The van der Waals surface area contributed by atoms with E-state index in [0.29, 0.717) is 6.04 Å². The molecule has 0 radical (unpaired) electrons. The van der Waals surface area contributed by atoms with E-state index in [1.54, 1.807) is 0 Å². The summed E-state index contributed by atoms with van der Waals surface area (Å²) < 4.78 is 6.44. The third-order valence-electron chi connectivity index (χ3n) is 5.36. The van der Waals surface area contributed by atoms with Crippen LogP contribution in [0.2, 0.25) is 0 Å². The first-order valence-electron chi connectivity index (χ1n) is 8.58. The number of nitrogens with one attached hydrogen (secondary N) is 1. The van der Waals surface area contributed by atoms with Crippen molar-refractivity contribution in [2.45, 2.75) is 69.4 Å². The summed E-state index contributed by atoms with van der Waals surface area (Å²) in [5.41, 5.74) is 2.90. The van der Waals surface area contributed by atoms with Crippen LogP contribution in [-0.2, 0) is 0 Å². The molecule has 0 saturated heterocycles. The first kappa shape index (κ1) is 13.2. The lowest BCUT2D eigenvalue weighted by Crippen LogP contribution is -2.42.